The minimum Gasteiger partial charge on any atom is -0.393 e. The van der Waals surface area contributed by atoms with Gasteiger partial charge in [0.05, 0.1) is 6.10 Å². The molecule has 1 aliphatic heterocycles. The summed E-state index contributed by atoms with van der Waals surface area (Å²) in [6.07, 6.45) is 3.37. The molecule has 0 spiro atoms. The van der Waals surface area contributed by atoms with Crippen LogP contribution in [0, 0.1) is 5.92 Å². The molecule has 2 bridgehead atoms. The highest BCUT2D eigenvalue weighted by Gasteiger charge is 2.36. The lowest BCUT2D eigenvalue weighted by molar-refractivity contribution is 0.102. The smallest absolute Gasteiger partial charge is 0.0558 e. The lowest BCUT2D eigenvalue weighted by Gasteiger charge is -2.24. The molecule has 10 heavy (non-hydrogen) atoms. The Morgan fingerprint density at radius 1 is 1.30 bits per heavy atom. The van der Waals surface area contributed by atoms with E-state index in [2.05, 4.69) is 11.9 Å². The average molecular weight is 141 g/mol. The van der Waals surface area contributed by atoms with Crippen LogP contribution in [0.4, 0.5) is 0 Å². The fourth-order valence-electron chi connectivity index (χ4n) is 2.44. The SMILES string of the molecule is CN1C[C@@H]2C[C@@H](O)C[C@H]1C2. The highest BCUT2D eigenvalue weighted by Crippen LogP contribution is 2.34. The molecule has 0 unspecified atom stereocenters. The summed E-state index contributed by atoms with van der Waals surface area (Å²) in [5.74, 6) is 0.791. The van der Waals surface area contributed by atoms with Crippen molar-refractivity contribution >= 4 is 0 Å². The molecule has 2 fully saturated rings. The first-order chi connectivity index (χ1) is 4.75. The second-order valence-electron chi connectivity index (χ2n) is 3.82. The molecule has 2 rings (SSSR count). The molecule has 2 heteroatoms. The van der Waals surface area contributed by atoms with Crippen molar-refractivity contribution in [3.8, 4) is 0 Å². The van der Waals surface area contributed by atoms with Gasteiger partial charge in [-0.15, -0.1) is 0 Å². The number of aliphatic hydroxyl groups excluding tert-OH is 1. The minimum atomic E-state index is -0.00583. The van der Waals surface area contributed by atoms with Crippen LogP contribution in [-0.4, -0.2) is 35.7 Å². The standard InChI is InChI=1S/C8H15NO/c1-9-5-6-2-7(9)4-8(10)3-6/h6-8,10H,2-5H2,1H3/t6-,7+,8+/m0/s1. The Morgan fingerprint density at radius 3 is 2.80 bits per heavy atom. The van der Waals surface area contributed by atoms with E-state index in [1.165, 1.54) is 13.0 Å². The van der Waals surface area contributed by atoms with Gasteiger partial charge in [0.2, 0.25) is 0 Å². The Morgan fingerprint density at radius 2 is 2.10 bits per heavy atom. The van der Waals surface area contributed by atoms with Gasteiger partial charge in [-0.1, -0.05) is 0 Å². The van der Waals surface area contributed by atoms with Gasteiger partial charge in [0.1, 0.15) is 0 Å². The maximum absolute atomic E-state index is 9.38. The second kappa shape index (κ2) is 2.21. The summed E-state index contributed by atoms with van der Waals surface area (Å²) < 4.78 is 0. The first kappa shape index (κ1) is 6.62. The fraction of sp³-hybridized carbons (Fsp3) is 1.00. The van der Waals surface area contributed by atoms with Crippen molar-refractivity contribution in [1.29, 1.82) is 0 Å². The number of rotatable bonds is 0. The van der Waals surface area contributed by atoms with Crippen molar-refractivity contribution in [3.05, 3.63) is 0 Å². The van der Waals surface area contributed by atoms with Crippen LogP contribution in [0.1, 0.15) is 19.3 Å². The molecule has 2 nitrogen and oxygen atoms in total. The summed E-state index contributed by atoms with van der Waals surface area (Å²) in [4.78, 5) is 2.39. The van der Waals surface area contributed by atoms with Crippen molar-refractivity contribution in [3.63, 3.8) is 0 Å². The Labute approximate surface area is 61.8 Å². The summed E-state index contributed by atoms with van der Waals surface area (Å²) in [6.45, 7) is 1.21. The molecule has 1 N–H and O–H groups in total. The third-order valence-corrected chi connectivity index (χ3v) is 2.92. The predicted octanol–water partition coefficient (Wildman–Crippen LogP) is 0.461. The first-order valence-electron chi connectivity index (χ1n) is 4.14. The monoisotopic (exact) mass is 141 g/mol. The number of fused-ring (bicyclic) bond motifs is 2. The molecule has 0 radical (unpaired) electrons. The molecule has 1 heterocycles. The van der Waals surface area contributed by atoms with E-state index in [4.69, 9.17) is 0 Å². The summed E-state index contributed by atoms with van der Waals surface area (Å²) in [5, 5.41) is 9.38. The largest absolute Gasteiger partial charge is 0.393 e. The third kappa shape index (κ3) is 0.956. The maximum atomic E-state index is 9.38. The van der Waals surface area contributed by atoms with Crippen LogP contribution < -0.4 is 0 Å². The Kier molecular flexibility index (Phi) is 1.46. The Bertz CT molecular complexity index is 132. The molecule has 0 amide bonds. The topological polar surface area (TPSA) is 23.5 Å². The zero-order valence-electron chi connectivity index (χ0n) is 6.45. The van der Waals surface area contributed by atoms with Crippen LogP contribution in [0.25, 0.3) is 0 Å². The molecular weight excluding hydrogens is 126 g/mol. The van der Waals surface area contributed by atoms with Crippen LogP contribution >= 0.6 is 0 Å². The third-order valence-electron chi connectivity index (χ3n) is 2.92. The first-order valence-corrected chi connectivity index (χ1v) is 4.14. The number of aliphatic hydroxyl groups is 1. The molecule has 58 valence electrons. The number of hydrogen-bond donors (Lipinski definition) is 1. The summed E-state index contributed by atoms with van der Waals surface area (Å²) in [6, 6.07) is 0.689. The normalized spacial score (nSPS) is 48.0. The van der Waals surface area contributed by atoms with E-state index in [1.54, 1.807) is 0 Å². The van der Waals surface area contributed by atoms with Gasteiger partial charge in [0.25, 0.3) is 0 Å². The van der Waals surface area contributed by atoms with Gasteiger partial charge in [-0.25, -0.2) is 0 Å². The molecule has 0 aromatic carbocycles. The summed E-state index contributed by atoms with van der Waals surface area (Å²) in [5.41, 5.74) is 0. The Hall–Kier alpha value is -0.0800. The van der Waals surface area contributed by atoms with Crippen molar-refractivity contribution in [2.75, 3.05) is 13.6 Å². The minimum absolute atomic E-state index is 0.00583. The van der Waals surface area contributed by atoms with E-state index in [0.717, 1.165) is 18.8 Å². The van der Waals surface area contributed by atoms with Crippen molar-refractivity contribution in [2.45, 2.75) is 31.4 Å². The maximum Gasteiger partial charge on any atom is 0.0558 e. The quantitative estimate of drug-likeness (QED) is 0.530. The van der Waals surface area contributed by atoms with Crippen LogP contribution in [0.5, 0.6) is 0 Å². The van der Waals surface area contributed by atoms with E-state index >= 15 is 0 Å². The van der Waals surface area contributed by atoms with Gasteiger partial charge in [-0.05, 0) is 32.2 Å². The van der Waals surface area contributed by atoms with Gasteiger partial charge in [-0.2, -0.15) is 0 Å². The van der Waals surface area contributed by atoms with Crippen LogP contribution in [0.15, 0.2) is 0 Å². The van der Waals surface area contributed by atoms with E-state index in [1.807, 2.05) is 0 Å². The fourth-order valence-corrected chi connectivity index (χ4v) is 2.44. The zero-order valence-corrected chi connectivity index (χ0v) is 6.45. The molecule has 0 aromatic rings. The number of likely N-dealkylation sites (tertiary alicyclic amines) is 1. The van der Waals surface area contributed by atoms with E-state index in [0.29, 0.717) is 6.04 Å². The lowest BCUT2D eigenvalue weighted by Crippen LogP contribution is -2.29. The van der Waals surface area contributed by atoms with Crippen molar-refractivity contribution in [1.82, 2.24) is 4.90 Å². The second-order valence-corrected chi connectivity index (χ2v) is 3.82. The highest BCUT2D eigenvalue weighted by atomic mass is 16.3. The molecule has 1 saturated carbocycles. The van der Waals surface area contributed by atoms with Gasteiger partial charge >= 0.3 is 0 Å². The summed E-state index contributed by atoms with van der Waals surface area (Å²) >= 11 is 0. The number of hydrogen-bond acceptors (Lipinski definition) is 2. The Balaban J connectivity index is 2.06. The molecule has 0 aromatic heterocycles. The molecule has 2 aliphatic rings. The lowest BCUT2D eigenvalue weighted by atomic mass is 9.88. The molecular formula is C8H15NO. The van der Waals surface area contributed by atoms with Crippen molar-refractivity contribution < 1.29 is 5.11 Å². The predicted molar refractivity (Wildman–Crippen MR) is 39.8 cm³/mol. The van der Waals surface area contributed by atoms with Crippen LogP contribution in [-0.2, 0) is 0 Å². The van der Waals surface area contributed by atoms with E-state index in [9.17, 15) is 5.11 Å². The van der Waals surface area contributed by atoms with Crippen LogP contribution in [0.2, 0.25) is 0 Å². The van der Waals surface area contributed by atoms with Gasteiger partial charge < -0.3 is 10.0 Å². The average Bonchev–Trinajstić information content (AvgIpc) is 2.07. The van der Waals surface area contributed by atoms with Crippen molar-refractivity contribution in [2.24, 2.45) is 5.92 Å². The van der Waals surface area contributed by atoms with E-state index in [-0.39, 0.29) is 6.10 Å². The van der Waals surface area contributed by atoms with E-state index < -0.39 is 0 Å². The zero-order chi connectivity index (χ0) is 7.14. The summed E-state index contributed by atoms with van der Waals surface area (Å²) in [7, 11) is 2.17. The van der Waals surface area contributed by atoms with Crippen LogP contribution in [0.3, 0.4) is 0 Å². The van der Waals surface area contributed by atoms with Gasteiger partial charge in [0, 0.05) is 12.6 Å². The van der Waals surface area contributed by atoms with Gasteiger partial charge in [-0.3, -0.25) is 0 Å². The number of nitrogens with zero attached hydrogens (tertiary/aromatic N) is 1. The molecule has 1 aliphatic carbocycles. The molecule has 3 atom stereocenters. The van der Waals surface area contributed by atoms with Gasteiger partial charge in [0.15, 0.2) is 0 Å². The highest BCUT2D eigenvalue weighted by molar-refractivity contribution is 4.90. The molecule has 1 saturated heterocycles.